The van der Waals surface area contributed by atoms with Crippen LogP contribution in [0.4, 0.5) is 14.7 Å². The Labute approximate surface area is 198 Å². The largest absolute Gasteiger partial charge is 0.385 e. The molecule has 1 saturated carbocycles. The number of hydrogen-bond acceptors (Lipinski definition) is 6. The Kier molecular flexibility index (Phi) is 7.38. The van der Waals surface area contributed by atoms with Gasteiger partial charge < -0.3 is 15.6 Å². The number of halogens is 2. The highest BCUT2D eigenvalue weighted by Crippen LogP contribution is 2.44. The summed E-state index contributed by atoms with van der Waals surface area (Å²) >= 11 is 0. The van der Waals surface area contributed by atoms with Gasteiger partial charge >= 0.3 is 0 Å². The molecular formula is C26H32F2N4O2. The molecule has 0 atom stereocenters. The molecule has 34 heavy (non-hydrogen) atoms. The lowest BCUT2D eigenvalue weighted by atomic mass is 9.83. The Hall–Kier alpha value is -2.71. The van der Waals surface area contributed by atoms with E-state index in [-0.39, 0.29) is 28.6 Å². The van der Waals surface area contributed by atoms with Crippen molar-refractivity contribution in [3.05, 3.63) is 47.3 Å². The number of nitrogens with two attached hydrogens (primary N) is 1. The van der Waals surface area contributed by atoms with E-state index in [4.69, 9.17) is 10.5 Å². The molecule has 6 nitrogen and oxygen atoms in total. The zero-order chi connectivity index (χ0) is 24.3. The average Bonchev–Trinajstić information content (AvgIpc) is 3.28. The minimum atomic E-state index is -0.960. The first-order chi connectivity index (χ1) is 16.3. The van der Waals surface area contributed by atoms with E-state index in [0.29, 0.717) is 18.2 Å². The van der Waals surface area contributed by atoms with Crippen molar-refractivity contribution in [2.45, 2.75) is 70.3 Å². The van der Waals surface area contributed by atoms with E-state index >= 15 is 0 Å². The number of ether oxygens (including phenoxy) is 1. The molecule has 3 heterocycles. The van der Waals surface area contributed by atoms with Crippen molar-refractivity contribution in [3.63, 3.8) is 0 Å². The molecule has 0 radical (unpaired) electrons. The molecule has 0 unspecified atom stereocenters. The first-order valence-corrected chi connectivity index (χ1v) is 12.0. The molecule has 2 aliphatic rings. The monoisotopic (exact) mass is 470 g/mol. The van der Waals surface area contributed by atoms with E-state index in [1.165, 1.54) is 25.3 Å². The second-order valence-corrected chi connectivity index (χ2v) is 9.43. The summed E-state index contributed by atoms with van der Waals surface area (Å²) in [5.74, 6) is -1.33. The third-order valence-corrected chi connectivity index (χ3v) is 6.59. The molecular weight excluding hydrogens is 438 g/mol. The fourth-order valence-corrected chi connectivity index (χ4v) is 4.91. The molecule has 1 aromatic carbocycles. The van der Waals surface area contributed by atoms with E-state index in [2.05, 4.69) is 15.0 Å². The number of benzene rings is 1. The zero-order valence-electron chi connectivity index (χ0n) is 19.8. The van der Waals surface area contributed by atoms with Crippen LogP contribution in [0.2, 0.25) is 0 Å². The van der Waals surface area contributed by atoms with Crippen LogP contribution in [0, 0.1) is 11.6 Å². The first kappa shape index (κ1) is 24.4. The van der Waals surface area contributed by atoms with Crippen molar-refractivity contribution >= 4 is 16.9 Å². The topological polar surface area (TPSA) is 94.2 Å². The van der Waals surface area contributed by atoms with Gasteiger partial charge in [0.15, 0.2) is 5.82 Å². The average molecular weight is 471 g/mol. The molecule has 0 bridgehead atoms. The molecule has 1 aliphatic carbocycles. The Bertz CT molecular complexity index is 1150. The maximum Gasteiger partial charge on any atom is 0.220 e. The van der Waals surface area contributed by atoms with Crippen LogP contribution in [0.15, 0.2) is 24.5 Å². The number of aliphatic hydroxyl groups is 1. The van der Waals surface area contributed by atoms with Crippen LogP contribution in [0.5, 0.6) is 0 Å². The van der Waals surface area contributed by atoms with Crippen molar-refractivity contribution in [2.24, 2.45) is 0 Å². The molecule has 2 fully saturated rings. The van der Waals surface area contributed by atoms with E-state index < -0.39 is 17.2 Å². The summed E-state index contributed by atoms with van der Waals surface area (Å²) in [6.45, 7) is 5.98. The van der Waals surface area contributed by atoms with Crippen LogP contribution in [0.25, 0.3) is 22.2 Å². The summed E-state index contributed by atoms with van der Waals surface area (Å²) in [4.78, 5) is 11.9. The zero-order valence-corrected chi connectivity index (χ0v) is 19.8. The predicted molar refractivity (Wildman–Crippen MR) is 128 cm³/mol. The Morgan fingerprint density at radius 3 is 2.26 bits per heavy atom. The summed E-state index contributed by atoms with van der Waals surface area (Å²) in [5.41, 5.74) is 6.58. The van der Waals surface area contributed by atoms with Crippen LogP contribution in [-0.4, -0.2) is 33.3 Å². The number of hydrogen-bond donors (Lipinski definition) is 2. The highest BCUT2D eigenvalue weighted by Gasteiger charge is 2.36. The molecule has 2 aromatic heterocycles. The van der Waals surface area contributed by atoms with Crippen molar-refractivity contribution in [1.82, 2.24) is 15.0 Å². The molecule has 182 valence electrons. The number of aromatic nitrogens is 3. The summed E-state index contributed by atoms with van der Waals surface area (Å²) in [5, 5.41) is 11.7. The fraction of sp³-hybridized carbons (Fsp3) is 0.500. The van der Waals surface area contributed by atoms with Gasteiger partial charge in [-0.05, 0) is 55.7 Å². The molecule has 0 spiro atoms. The summed E-state index contributed by atoms with van der Waals surface area (Å²) in [7, 11) is 0. The molecule has 8 heteroatoms. The predicted octanol–water partition coefficient (Wildman–Crippen LogP) is 5.62. The van der Waals surface area contributed by atoms with Gasteiger partial charge in [0.1, 0.15) is 17.0 Å². The van der Waals surface area contributed by atoms with Gasteiger partial charge in [0.25, 0.3) is 0 Å². The van der Waals surface area contributed by atoms with E-state index in [0.717, 1.165) is 43.4 Å². The minimum absolute atomic E-state index is 0.0140. The highest BCUT2D eigenvalue weighted by molar-refractivity contribution is 5.88. The number of rotatable bonds is 3. The lowest BCUT2D eigenvalue weighted by Crippen LogP contribution is -2.24. The second-order valence-electron chi connectivity index (χ2n) is 9.43. The number of nitrogens with zero attached hydrogens (tertiary/aromatic N) is 3. The van der Waals surface area contributed by atoms with Gasteiger partial charge in [-0.2, -0.15) is 0 Å². The standard InChI is InChI=1S/C21H22F2N4O.C5H10O/c1-11(2)17-13-7-12(18-16(23)10-26-20(24)27-18)8-15(22)19(13)25-9-14(17)21(28)5-3-4-6-21;1-2-4-6-5-3-1/h7-11,28H,3-6H2,1-2H3,(H2,24,26,27);1-5H2. The fourth-order valence-electron chi connectivity index (χ4n) is 4.91. The maximum atomic E-state index is 14.9. The number of pyridine rings is 1. The number of nitrogen functional groups attached to an aromatic ring is 1. The van der Waals surface area contributed by atoms with Crippen molar-refractivity contribution in [3.8, 4) is 11.3 Å². The molecule has 5 rings (SSSR count). The lowest BCUT2D eigenvalue weighted by molar-refractivity contribution is 0.0431. The third-order valence-electron chi connectivity index (χ3n) is 6.59. The Morgan fingerprint density at radius 1 is 0.971 bits per heavy atom. The van der Waals surface area contributed by atoms with Gasteiger partial charge in [0.2, 0.25) is 5.95 Å². The van der Waals surface area contributed by atoms with E-state index in [1.807, 2.05) is 13.8 Å². The second kappa shape index (κ2) is 10.3. The Morgan fingerprint density at radius 2 is 1.68 bits per heavy atom. The van der Waals surface area contributed by atoms with Crippen LogP contribution < -0.4 is 5.73 Å². The van der Waals surface area contributed by atoms with Gasteiger partial charge in [-0.15, -0.1) is 0 Å². The summed E-state index contributed by atoms with van der Waals surface area (Å²) in [6, 6.07) is 2.88. The Balaban J connectivity index is 0.000000398. The van der Waals surface area contributed by atoms with Crippen molar-refractivity contribution in [2.75, 3.05) is 18.9 Å². The van der Waals surface area contributed by atoms with Crippen LogP contribution >= 0.6 is 0 Å². The number of anilines is 1. The smallest absolute Gasteiger partial charge is 0.220 e. The minimum Gasteiger partial charge on any atom is -0.385 e. The normalized spacial score (nSPS) is 17.6. The highest BCUT2D eigenvalue weighted by atomic mass is 19.1. The van der Waals surface area contributed by atoms with Gasteiger partial charge in [0.05, 0.1) is 11.8 Å². The molecule has 1 saturated heterocycles. The van der Waals surface area contributed by atoms with E-state index in [9.17, 15) is 13.9 Å². The molecule has 0 amide bonds. The van der Waals surface area contributed by atoms with Gasteiger partial charge in [-0.25, -0.2) is 18.7 Å². The molecule has 1 aliphatic heterocycles. The van der Waals surface area contributed by atoms with Crippen molar-refractivity contribution in [1.29, 1.82) is 0 Å². The summed E-state index contributed by atoms with van der Waals surface area (Å²) in [6.07, 6.45) is 9.67. The van der Waals surface area contributed by atoms with Crippen LogP contribution in [0.3, 0.4) is 0 Å². The molecule has 3 N–H and O–H groups in total. The number of fused-ring (bicyclic) bond motifs is 1. The SMILES string of the molecule is C1CCOCC1.CC(C)c1c(C2(O)CCCC2)cnc2c(F)cc(-c3nc(N)ncc3F)cc12. The maximum absolute atomic E-state index is 14.9. The third kappa shape index (κ3) is 5.03. The lowest BCUT2D eigenvalue weighted by Gasteiger charge is -2.28. The molecule has 3 aromatic rings. The first-order valence-electron chi connectivity index (χ1n) is 12.0. The van der Waals surface area contributed by atoms with Gasteiger partial charge in [-0.1, -0.05) is 26.7 Å². The van der Waals surface area contributed by atoms with Crippen LogP contribution in [-0.2, 0) is 10.3 Å². The summed E-state index contributed by atoms with van der Waals surface area (Å²) < 4.78 is 34.2. The van der Waals surface area contributed by atoms with E-state index in [1.54, 1.807) is 12.3 Å². The van der Waals surface area contributed by atoms with Gasteiger partial charge in [-0.3, -0.25) is 4.98 Å². The van der Waals surface area contributed by atoms with Crippen molar-refractivity contribution < 1.29 is 18.6 Å². The quantitative estimate of drug-likeness (QED) is 0.516. The van der Waals surface area contributed by atoms with Gasteiger partial charge in [0, 0.05) is 35.9 Å². The van der Waals surface area contributed by atoms with Crippen LogP contribution in [0.1, 0.15) is 75.8 Å².